The number of non-ortho nitro benzene ring substituents is 1. The molecule has 0 saturated carbocycles. The first-order valence-electron chi connectivity index (χ1n) is 9.77. The van der Waals surface area contributed by atoms with Crippen LogP contribution in [0.2, 0.25) is 5.02 Å². The maximum Gasteiger partial charge on any atom is 0.271 e. The quantitative estimate of drug-likeness (QED) is 0.264. The van der Waals surface area contributed by atoms with Gasteiger partial charge < -0.3 is 9.88 Å². The second kappa shape index (κ2) is 10.1. The monoisotopic (exact) mass is 477 g/mol. The summed E-state index contributed by atoms with van der Waals surface area (Å²) in [6.45, 7) is 6.27. The van der Waals surface area contributed by atoms with Gasteiger partial charge >= 0.3 is 0 Å². The van der Waals surface area contributed by atoms with Crippen molar-refractivity contribution >= 4 is 40.6 Å². The highest BCUT2D eigenvalue weighted by Crippen LogP contribution is 2.31. The van der Waals surface area contributed by atoms with Crippen molar-refractivity contribution in [2.75, 3.05) is 5.32 Å². The number of anilines is 1. The molecule has 1 atom stereocenters. The molecule has 0 radical (unpaired) electrons. The number of hydrogen-bond donors (Lipinski definition) is 1. The smallest absolute Gasteiger partial charge is 0.271 e. The molecule has 1 amide bonds. The number of nitrogens with one attached hydrogen (secondary N) is 1. The van der Waals surface area contributed by atoms with E-state index < -0.39 is 16.0 Å². The van der Waals surface area contributed by atoms with Gasteiger partial charge in [0.2, 0.25) is 5.91 Å². The number of carbonyl (C=O) groups excluding carboxylic acids is 1. The minimum absolute atomic E-state index is 0.0644. The lowest BCUT2D eigenvalue weighted by atomic mass is 10.2. The molecule has 1 aromatic heterocycles. The zero-order chi connectivity index (χ0) is 23.4. The second-order valence-corrected chi connectivity index (χ2v) is 9.18. The molecule has 2 aromatic carbocycles. The van der Waals surface area contributed by atoms with Gasteiger partial charge in [-0.05, 0) is 31.0 Å². The number of nitro groups is 1. The third-order valence-electron chi connectivity index (χ3n) is 4.45. The Hall–Kier alpha value is -2.98. The zero-order valence-electron chi connectivity index (χ0n) is 17.6. The van der Waals surface area contributed by atoms with Gasteiger partial charge in [-0.3, -0.25) is 14.9 Å². The molecule has 8 nitrogen and oxygen atoms in total. The number of rotatable bonds is 8. The molecule has 0 saturated heterocycles. The summed E-state index contributed by atoms with van der Waals surface area (Å²) in [5.74, 6) is -0.137. The number of carbonyl (C=O) groups is 1. The van der Waals surface area contributed by atoms with E-state index in [-0.39, 0.29) is 28.2 Å². The molecule has 0 spiro atoms. The average Bonchev–Trinajstić information content (AvgIpc) is 3.10. The first-order valence-corrected chi connectivity index (χ1v) is 11.0. The number of thioether (sulfide) groups is 1. The van der Waals surface area contributed by atoms with Gasteiger partial charge in [-0.25, -0.2) is 4.39 Å². The second-order valence-electron chi connectivity index (χ2n) is 7.46. The van der Waals surface area contributed by atoms with Gasteiger partial charge in [0.25, 0.3) is 5.69 Å². The van der Waals surface area contributed by atoms with E-state index in [2.05, 4.69) is 15.5 Å². The van der Waals surface area contributed by atoms with Gasteiger partial charge in [0.15, 0.2) is 11.0 Å². The lowest BCUT2D eigenvalue weighted by molar-refractivity contribution is -0.384. The van der Waals surface area contributed by atoms with E-state index in [1.807, 2.05) is 13.8 Å². The highest BCUT2D eigenvalue weighted by atomic mass is 35.5. The fourth-order valence-electron chi connectivity index (χ4n) is 2.91. The Bertz CT molecular complexity index is 1150. The van der Waals surface area contributed by atoms with Crippen molar-refractivity contribution in [1.29, 1.82) is 0 Å². The van der Waals surface area contributed by atoms with E-state index in [9.17, 15) is 19.3 Å². The summed E-state index contributed by atoms with van der Waals surface area (Å²) in [6.07, 6.45) is 0. The van der Waals surface area contributed by atoms with Crippen molar-refractivity contribution in [3.63, 3.8) is 0 Å². The molecule has 3 aromatic rings. The Morgan fingerprint density at radius 2 is 1.97 bits per heavy atom. The number of amides is 1. The summed E-state index contributed by atoms with van der Waals surface area (Å²) >= 11 is 7.24. The van der Waals surface area contributed by atoms with Crippen molar-refractivity contribution in [2.45, 2.75) is 37.7 Å². The van der Waals surface area contributed by atoms with Gasteiger partial charge in [0, 0.05) is 18.7 Å². The number of benzene rings is 2. The molecule has 0 aliphatic carbocycles. The molecule has 0 bridgehead atoms. The predicted octanol–water partition coefficient (Wildman–Crippen LogP) is 5.42. The van der Waals surface area contributed by atoms with E-state index >= 15 is 0 Å². The lowest BCUT2D eigenvalue weighted by Crippen LogP contribution is -2.23. The Morgan fingerprint density at radius 1 is 1.25 bits per heavy atom. The highest BCUT2D eigenvalue weighted by Gasteiger charge is 2.23. The van der Waals surface area contributed by atoms with Crippen molar-refractivity contribution in [2.24, 2.45) is 5.92 Å². The topological polar surface area (TPSA) is 103 Å². The molecule has 11 heteroatoms. The maximum absolute atomic E-state index is 14.3. The molecule has 32 heavy (non-hydrogen) atoms. The van der Waals surface area contributed by atoms with Gasteiger partial charge in [0.05, 0.1) is 26.4 Å². The van der Waals surface area contributed by atoms with Crippen molar-refractivity contribution < 1.29 is 14.1 Å². The van der Waals surface area contributed by atoms with Crippen LogP contribution >= 0.6 is 23.4 Å². The SMILES string of the molecule is CC(C)Cn1c(SC(C)C(=O)Nc2ccc([N+](=O)[O-])cc2Cl)nnc1-c1ccccc1F. The van der Waals surface area contributed by atoms with Crippen molar-refractivity contribution in [1.82, 2.24) is 14.8 Å². The summed E-state index contributed by atoms with van der Waals surface area (Å²) in [7, 11) is 0. The summed E-state index contributed by atoms with van der Waals surface area (Å²) in [6, 6.07) is 10.1. The van der Waals surface area contributed by atoms with Gasteiger partial charge in [-0.2, -0.15) is 0 Å². The van der Waals surface area contributed by atoms with Crippen molar-refractivity contribution in [3.05, 3.63) is 63.4 Å². The van der Waals surface area contributed by atoms with Gasteiger partial charge in [-0.15, -0.1) is 10.2 Å². The molecule has 1 heterocycles. The molecule has 168 valence electrons. The molecule has 1 N–H and O–H groups in total. The van der Waals surface area contributed by atoms with Crippen LogP contribution in [0.4, 0.5) is 15.8 Å². The normalized spacial score (nSPS) is 12.1. The fourth-order valence-corrected chi connectivity index (χ4v) is 3.99. The summed E-state index contributed by atoms with van der Waals surface area (Å²) in [5.41, 5.74) is 0.436. The summed E-state index contributed by atoms with van der Waals surface area (Å²) in [4.78, 5) is 23.0. The molecular weight excluding hydrogens is 457 g/mol. The number of nitro benzene ring substituents is 1. The molecule has 0 fully saturated rings. The highest BCUT2D eigenvalue weighted by molar-refractivity contribution is 8.00. The summed E-state index contributed by atoms with van der Waals surface area (Å²) in [5, 5.41) is 21.8. The van der Waals surface area contributed by atoms with Gasteiger partial charge in [0.1, 0.15) is 5.82 Å². The Balaban J connectivity index is 1.81. The first kappa shape index (κ1) is 23.7. The largest absolute Gasteiger partial charge is 0.324 e. The van der Waals surface area contributed by atoms with E-state index in [1.165, 1.54) is 36.0 Å². The van der Waals surface area contributed by atoms with Crippen LogP contribution in [0.5, 0.6) is 0 Å². The van der Waals surface area contributed by atoms with Crippen LogP contribution in [0, 0.1) is 21.8 Å². The molecule has 0 aliphatic rings. The maximum atomic E-state index is 14.3. The number of hydrogen-bond acceptors (Lipinski definition) is 6. The minimum Gasteiger partial charge on any atom is -0.324 e. The predicted molar refractivity (Wildman–Crippen MR) is 122 cm³/mol. The standard InChI is InChI=1S/C21H21ClFN5O3S/c1-12(2)11-27-19(15-6-4-5-7-17(15)23)25-26-21(27)32-13(3)20(29)24-18-9-8-14(28(30)31)10-16(18)22/h4-10,12-13H,11H2,1-3H3,(H,24,29). The fraction of sp³-hybridized carbons (Fsp3) is 0.286. The Kier molecular flexibility index (Phi) is 7.47. The van der Waals surface area contributed by atoms with Gasteiger partial charge in [-0.1, -0.05) is 49.3 Å². The number of nitrogens with zero attached hydrogens (tertiary/aromatic N) is 4. The molecule has 1 unspecified atom stereocenters. The summed E-state index contributed by atoms with van der Waals surface area (Å²) < 4.78 is 16.1. The molecular formula is C21H21ClFN5O3S. The van der Waals surface area contributed by atoms with Crippen LogP contribution < -0.4 is 5.32 Å². The Morgan fingerprint density at radius 3 is 2.59 bits per heavy atom. The third-order valence-corrected chi connectivity index (χ3v) is 5.85. The first-order chi connectivity index (χ1) is 15.2. The van der Waals surface area contributed by atoms with E-state index in [0.717, 1.165) is 0 Å². The lowest BCUT2D eigenvalue weighted by Gasteiger charge is -2.15. The van der Waals surface area contributed by atoms with Crippen LogP contribution in [-0.4, -0.2) is 30.8 Å². The minimum atomic E-state index is -0.593. The number of aromatic nitrogens is 3. The zero-order valence-corrected chi connectivity index (χ0v) is 19.2. The average molecular weight is 478 g/mol. The van der Waals surface area contributed by atoms with Crippen molar-refractivity contribution in [3.8, 4) is 11.4 Å². The molecule has 0 aliphatic heterocycles. The Labute approximate surface area is 193 Å². The number of halogens is 2. The van der Waals surface area contributed by atoms with Crippen LogP contribution in [0.3, 0.4) is 0 Å². The van der Waals surface area contributed by atoms with E-state index in [0.29, 0.717) is 23.1 Å². The van der Waals surface area contributed by atoms with E-state index in [4.69, 9.17) is 11.6 Å². The van der Waals surface area contributed by atoms with Crippen LogP contribution in [-0.2, 0) is 11.3 Å². The van der Waals surface area contributed by atoms with Crippen LogP contribution in [0.25, 0.3) is 11.4 Å². The third kappa shape index (κ3) is 5.43. The van der Waals surface area contributed by atoms with Crippen LogP contribution in [0.1, 0.15) is 20.8 Å². The molecule has 3 rings (SSSR count). The van der Waals surface area contributed by atoms with E-state index in [1.54, 1.807) is 29.7 Å². The van der Waals surface area contributed by atoms with Crippen LogP contribution in [0.15, 0.2) is 47.6 Å².